The van der Waals surface area contributed by atoms with E-state index in [0.29, 0.717) is 5.92 Å². The van der Waals surface area contributed by atoms with Crippen molar-refractivity contribution in [3.05, 3.63) is 11.5 Å². The molecule has 0 rings (SSSR count). The van der Waals surface area contributed by atoms with Crippen molar-refractivity contribution in [2.75, 3.05) is 0 Å². The highest BCUT2D eigenvalue weighted by Crippen LogP contribution is 1.92. The van der Waals surface area contributed by atoms with E-state index in [1.165, 1.54) is 0 Å². The first-order valence-corrected chi connectivity index (χ1v) is 4.49. The quantitative estimate of drug-likeness (QED) is 0.480. The summed E-state index contributed by atoms with van der Waals surface area (Å²) >= 11 is 3.88. The van der Waals surface area contributed by atoms with Crippen molar-refractivity contribution >= 4 is 12.6 Å². The molecule has 68 valence electrons. The SMILES string of the molecule is CC(C)/C=C/S.[O-][Cl+3]([O-])([O-])O. The average Bonchev–Trinajstić information content (AvgIpc) is 1.58. The van der Waals surface area contributed by atoms with Crippen LogP contribution in [0.25, 0.3) is 0 Å². The maximum atomic E-state index is 8.60. The van der Waals surface area contributed by atoms with Crippen molar-refractivity contribution in [1.29, 1.82) is 0 Å². The third kappa shape index (κ3) is 66.6. The Morgan fingerprint density at radius 3 is 1.64 bits per heavy atom. The molecule has 0 atom stereocenters. The van der Waals surface area contributed by atoms with Gasteiger partial charge in [0.1, 0.15) is 0 Å². The molecule has 0 saturated heterocycles. The molecule has 0 aromatic heterocycles. The van der Waals surface area contributed by atoms with Crippen molar-refractivity contribution in [1.82, 2.24) is 0 Å². The molecule has 0 fully saturated rings. The molecule has 0 aromatic carbocycles. The Morgan fingerprint density at radius 1 is 1.36 bits per heavy atom. The van der Waals surface area contributed by atoms with E-state index in [-0.39, 0.29) is 0 Å². The van der Waals surface area contributed by atoms with Gasteiger partial charge < -0.3 is 0 Å². The lowest BCUT2D eigenvalue weighted by Gasteiger charge is -2.03. The topological polar surface area (TPSA) is 89.4 Å². The molecule has 0 bridgehead atoms. The Kier molecular flexibility index (Phi) is 8.65. The minimum Gasteiger partial charge on any atom is -0.183 e. The Bertz CT molecular complexity index is 104. The molecule has 0 aliphatic carbocycles. The number of thiol groups is 1. The molecule has 0 spiro atoms. The molecule has 0 aliphatic heterocycles. The summed E-state index contributed by atoms with van der Waals surface area (Å²) in [6.07, 6.45) is 2.03. The second-order valence-corrected chi connectivity index (χ2v) is 3.07. The predicted molar refractivity (Wildman–Crippen MR) is 35.2 cm³/mol. The lowest BCUT2D eigenvalue weighted by atomic mass is 10.2. The van der Waals surface area contributed by atoms with Crippen molar-refractivity contribution in [3.63, 3.8) is 0 Å². The standard InChI is InChI=1S/C5H10S.ClHO4/c1-5(2)3-4-6;2-1(3,4)5/h3-6H,1-2H3;(H,2,3,4,5)/b4-3+;. The van der Waals surface area contributed by atoms with Crippen molar-refractivity contribution in [2.45, 2.75) is 13.8 Å². The predicted octanol–water partition coefficient (Wildman–Crippen LogP) is -2.04. The molecule has 0 aromatic rings. The van der Waals surface area contributed by atoms with E-state index < -0.39 is 10.2 Å². The van der Waals surface area contributed by atoms with Gasteiger partial charge >= 0.3 is 0 Å². The first-order valence-electron chi connectivity index (χ1n) is 2.71. The molecule has 0 unspecified atom stereocenters. The van der Waals surface area contributed by atoms with Gasteiger partial charge in [-0.2, -0.15) is 26.6 Å². The summed E-state index contributed by atoms with van der Waals surface area (Å²) in [4.78, 5) is 0. The van der Waals surface area contributed by atoms with Gasteiger partial charge in [0, 0.05) is 0 Å². The zero-order valence-electron chi connectivity index (χ0n) is 6.23. The number of hydrogen-bond donors (Lipinski definition) is 2. The van der Waals surface area contributed by atoms with Gasteiger partial charge in [-0.15, -0.1) is 0 Å². The van der Waals surface area contributed by atoms with Crippen molar-refractivity contribution < 1.29 is 28.9 Å². The zero-order valence-corrected chi connectivity index (χ0v) is 7.88. The van der Waals surface area contributed by atoms with Crippen LogP contribution in [0.4, 0.5) is 0 Å². The van der Waals surface area contributed by atoms with E-state index in [1.807, 2.05) is 6.08 Å². The van der Waals surface area contributed by atoms with Gasteiger partial charge in [0.15, 0.2) is 0 Å². The normalized spacial score (nSPS) is 11.6. The monoisotopic (exact) mass is 202 g/mol. The summed E-state index contributed by atoms with van der Waals surface area (Å²) in [5.41, 5.74) is 0. The molecule has 11 heavy (non-hydrogen) atoms. The van der Waals surface area contributed by atoms with E-state index in [1.54, 1.807) is 5.41 Å². The minimum absolute atomic E-state index is 0.641. The fourth-order valence-electron chi connectivity index (χ4n) is 0.172. The Labute approximate surface area is 73.3 Å². The summed E-state index contributed by atoms with van der Waals surface area (Å²) in [7, 11) is -4.69. The first-order chi connectivity index (χ1) is 4.77. The van der Waals surface area contributed by atoms with Crippen LogP contribution in [0.2, 0.25) is 0 Å². The van der Waals surface area contributed by atoms with Gasteiger partial charge in [-0.3, -0.25) is 0 Å². The van der Waals surface area contributed by atoms with Crippen LogP contribution in [-0.2, 0) is 0 Å². The van der Waals surface area contributed by atoms with Gasteiger partial charge in [-0.25, -0.2) is 0 Å². The Balaban J connectivity index is 0. The summed E-state index contributed by atoms with van der Waals surface area (Å²) in [6, 6.07) is 0. The number of allylic oxidation sites excluding steroid dienone is 1. The van der Waals surface area contributed by atoms with E-state index in [9.17, 15) is 0 Å². The van der Waals surface area contributed by atoms with E-state index >= 15 is 0 Å². The summed E-state index contributed by atoms with van der Waals surface area (Å²) in [5.74, 6) is 0.641. The summed E-state index contributed by atoms with van der Waals surface area (Å²) < 4.78 is 32.7. The molecule has 0 amide bonds. The fourth-order valence-corrected chi connectivity index (χ4v) is 0.516. The van der Waals surface area contributed by atoms with Crippen molar-refractivity contribution in [2.24, 2.45) is 5.92 Å². The lowest BCUT2D eigenvalue weighted by molar-refractivity contribution is -1.92. The van der Waals surface area contributed by atoms with E-state index in [0.717, 1.165) is 0 Å². The van der Waals surface area contributed by atoms with Gasteiger partial charge in [0.2, 0.25) is 0 Å². The number of rotatable bonds is 1. The molecule has 0 aliphatic rings. The maximum Gasteiger partial charge on any atom is 0.0777 e. The summed E-state index contributed by atoms with van der Waals surface area (Å²) in [5, 5.41) is 1.77. The third-order valence-electron chi connectivity index (χ3n) is 0.471. The van der Waals surface area contributed by atoms with Crippen LogP contribution in [0.5, 0.6) is 0 Å². The van der Waals surface area contributed by atoms with Crippen LogP contribution in [0.1, 0.15) is 13.8 Å². The minimum atomic E-state index is -4.69. The molecule has 0 radical (unpaired) electrons. The van der Waals surface area contributed by atoms with Crippen LogP contribution in [0.3, 0.4) is 0 Å². The molecule has 1 N–H and O–H groups in total. The van der Waals surface area contributed by atoms with Crippen LogP contribution in [-0.4, -0.2) is 4.66 Å². The van der Waals surface area contributed by atoms with Gasteiger partial charge in [-0.05, 0) is 11.3 Å². The highest BCUT2D eigenvalue weighted by Gasteiger charge is 1.98. The second kappa shape index (κ2) is 6.90. The number of halogens is 1. The average molecular weight is 203 g/mol. The van der Waals surface area contributed by atoms with E-state index in [2.05, 4.69) is 26.5 Å². The molecule has 0 saturated carbocycles. The van der Waals surface area contributed by atoms with Gasteiger partial charge in [0.25, 0.3) is 0 Å². The molecular formula is C5H11ClO4S. The smallest absolute Gasteiger partial charge is 0.0777 e. The summed E-state index contributed by atoms with van der Waals surface area (Å²) in [6.45, 7) is 4.24. The maximum absolute atomic E-state index is 8.60. The lowest BCUT2D eigenvalue weighted by Crippen LogP contribution is -2.58. The largest absolute Gasteiger partial charge is 0.183 e. The van der Waals surface area contributed by atoms with Gasteiger partial charge in [0.05, 0.1) is 14.9 Å². The molecule has 6 heteroatoms. The second-order valence-electron chi connectivity index (χ2n) is 1.98. The Hall–Kier alpha value is 0.220. The molecule has 4 nitrogen and oxygen atoms in total. The van der Waals surface area contributed by atoms with Crippen LogP contribution in [0.15, 0.2) is 11.5 Å². The fraction of sp³-hybridized carbons (Fsp3) is 0.600. The highest BCUT2D eigenvalue weighted by molar-refractivity contribution is 7.83. The Morgan fingerprint density at radius 2 is 1.64 bits per heavy atom. The first kappa shape index (κ1) is 13.8. The molecule has 0 heterocycles. The molecular weight excluding hydrogens is 192 g/mol. The zero-order chi connectivity index (χ0) is 9.49. The highest BCUT2D eigenvalue weighted by atomic mass is 35.7. The van der Waals surface area contributed by atoms with Crippen LogP contribution >= 0.6 is 12.6 Å². The van der Waals surface area contributed by atoms with E-state index in [4.69, 9.17) is 18.6 Å². The van der Waals surface area contributed by atoms with Gasteiger partial charge in [-0.1, -0.05) is 19.9 Å². The van der Waals surface area contributed by atoms with Crippen LogP contribution in [0, 0.1) is 16.2 Å². The number of hydrogen-bond acceptors (Lipinski definition) is 5. The van der Waals surface area contributed by atoms with Crippen LogP contribution < -0.4 is 14.0 Å². The third-order valence-corrected chi connectivity index (χ3v) is 0.643. The van der Waals surface area contributed by atoms with Crippen molar-refractivity contribution in [3.8, 4) is 0 Å².